The van der Waals surface area contributed by atoms with Gasteiger partial charge < -0.3 is 15.2 Å². The van der Waals surface area contributed by atoms with Crippen molar-refractivity contribution >= 4 is 0 Å². The van der Waals surface area contributed by atoms with Crippen molar-refractivity contribution in [3.8, 4) is 11.5 Å². The molecule has 1 heterocycles. The molecule has 3 heteroatoms. The maximum atomic E-state index is 9.84. The van der Waals surface area contributed by atoms with Crippen molar-refractivity contribution in [2.24, 2.45) is 0 Å². The van der Waals surface area contributed by atoms with Gasteiger partial charge in [-0.2, -0.15) is 0 Å². The van der Waals surface area contributed by atoms with Gasteiger partial charge in [0.05, 0.1) is 7.11 Å². The van der Waals surface area contributed by atoms with E-state index in [4.69, 9.17) is 4.74 Å². The SMILES string of the molecule is COc1c(O)ccc(C)c1C1(C)CCCN1. The Hall–Kier alpha value is -1.22. The van der Waals surface area contributed by atoms with Crippen molar-refractivity contribution in [1.29, 1.82) is 0 Å². The van der Waals surface area contributed by atoms with Crippen LogP contribution >= 0.6 is 0 Å². The van der Waals surface area contributed by atoms with Crippen LogP contribution in [-0.4, -0.2) is 18.8 Å². The summed E-state index contributed by atoms with van der Waals surface area (Å²) < 4.78 is 5.34. The van der Waals surface area contributed by atoms with Gasteiger partial charge in [-0.05, 0) is 44.9 Å². The number of benzene rings is 1. The molecule has 16 heavy (non-hydrogen) atoms. The molecule has 0 aromatic heterocycles. The highest BCUT2D eigenvalue weighted by molar-refractivity contribution is 5.53. The lowest BCUT2D eigenvalue weighted by atomic mass is 9.86. The molecule has 2 rings (SSSR count). The predicted octanol–water partition coefficient (Wildman–Crippen LogP) is 2.31. The van der Waals surface area contributed by atoms with Crippen molar-refractivity contribution in [2.45, 2.75) is 32.2 Å². The van der Waals surface area contributed by atoms with E-state index in [1.807, 2.05) is 6.07 Å². The minimum absolute atomic E-state index is 0.0752. The van der Waals surface area contributed by atoms with Gasteiger partial charge in [0.25, 0.3) is 0 Å². The number of methoxy groups -OCH3 is 1. The molecule has 1 saturated heterocycles. The number of phenolic OH excluding ortho intramolecular Hbond substituents is 1. The molecule has 1 aliphatic heterocycles. The molecule has 3 nitrogen and oxygen atoms in total. The van der Waals surface area contributed by atoms with Crippen LogP contribution < -0.4 is 10.1 Å². The number of rotatable bonds is 2. The fourth-order valence-electron chi connectivity index (χ4n) is 2.67. The van der Waals surface area contributed by atoms with Crippen LogP contribution in [0.15, 0.2) is 12.1 Å². The summed E-state index contributed by atoms with van der Waals surface area (Å²) in [5.41, 5.74) is 2.17. The molecule has 0 bridgehead atoms. The number of hydrogen-bond donors (Lipinski definition) is 2. The second kappa shape index (κ2) is 3.98. The molecule has 2 N–H and O–H groups in total. The van der Waals surface area contributed by atoms with Gasteiger partial charge in [-0.3, -0.25) is 0 Å². The molecule has 0 radical (unpaired) electrons. The first-order valence-electron chi connectivity index (χ1n) is 5.70. The van der Waals surface area contributed by atoms with Crippen LogP contribution in [-0.2, 0) is 5.54 Å². The minimum Gasteiger partial charge on any atom is -0.504 e. The largest absolute Gasteiger partial charge is 0.504 e. The highest BCUT2D eigenvalue weighted by atomic mass is 16.5. The van der Waals surface area contributed by atoms with Crippen LogP contribution in [0.2, 0.25) is 0 Å². The predicted molar refractivity (Wildman–Crippen MR) is 64.0 cm³/mol. The van der Waals surface area contributed by atoms with Crippen LogP contribution in [0.1, 0.15) is 30.9 Å². The third-order valence-corrected chi connectivity index (χ3v) is 3.47. The summed E-state index contributed by atoms with van der Waals surface area (Å²) in [6.07, 6.45) is 2.24. The van der Waals surface area contributed by atoms with E-state index >= 15 is 0 Å². The first-order chi connectivity index (χ1) is 7.58. The Morgan fingerprint density at radius 1 is 1.44 bits per heavy atom. The van der Waals surface area contributed by atoms with Gasteiger partial charge in [0.1, 0.15) is 0 Å². The molecule has 1 aliphatic rings. The van der Waals surface area contributed by atoms with Gasteiger partial charge in [0.15, 0.2) is 11.5 Å². The first-order valence-corrected chi connectivity index (χ1v) is 5.70. The molecule has 1 fully saturated rings. The summed E-state index contributed by atoms with van der Waals surface area (Å²) in [6.45, 7) is 5.25. The smallest absolute Gasteiger partial charge is 0.165 e. The molecule has 1 unspecified atom stereocenters. The molecule has 1 aromatic carbocycles. The monoisotopic (exact) mass is 221 g/mol. The van der Waals surface area contributed by atoms with Gasteiger partial charge in [0, 0.05) is 11.1 Å². The number of nitrogens with one attached hydrogen (secondary N) is 1. The Labute approximate surface area is 96.4 Å². The Morgan fingerprint density at radius 2 is 2.19 bits per heavy atom. The fourth-order valence-corrected chi connectivity index (χ4v) is 2.67. The second-order valence-electron chi connectivity index (χ2n) is 4.67. The number of ether oxygens (including phenoxy) is 1. The summed E-state index contributed by atoms with van der Waals surface area (Å²) in [5, 5.41) is 13.3. The lowest BCUT2D eigenvalue weighted by Gasteiger charge is -2.29. The van der Waals surface area contributed by atoms with E-state index in [-0.39, 0.29) is 11.3 Å². The Bertz CT molecular complexity index is 395. The standard InChI is InChI=1S/C13H19NO2/c1-9-5-6-10(15)12(16-3)11(9)13(2)7-4-8-14-13/h5-6,14-15H,4,7-8H2,1-3H3. The maximum absolute atomic E-state index is 9.84. The van der Waals surface area contributed by atoms with Gasteiger partial charge in [-0.1, -0.05) is 6.07 Å². The number of phenols is 1. The zero-order chi connectivity index (χ0) is 11.8. The van der Waals surface area contributed by atoms with Crippen molar-refractivity contribution < 1.29 is 9.84 Å². The lowest BCUT2D eigenvalue weighted by Crippen LogP contribution is -2.34. The highest BCUT2D eigenvalue weighted by Crippen LogP contribution is 2.42. The quantitative estimate of drug-likeness (QED) is 0.805. The van der Waals surface area contributed by atoms with E-state index in [1.165, 1.54) is 0 Å². The molecule has 0 amide bonds. The van der Waals surface area contributed by atoms with E-state index < -0.39 is 0 Å². The zero-order valence-electron chi connectivity index (χ0n) is 10.1. The van der Waals surface area contributed by atoms with E-state index in [2.05, 4.69) is 19.2 Å². The Morgan fingerprint density at radius 3 is 2.75 bits per heavy atom. The first kappa shape index (κ1) is 11.3. The second-order valence-corrected chi connectivity index (χ2v) is 4.67. The molecule has 88 valence electrons. The van der Waals surface area contributed by atoms with E-state index in [1.54, 1.807) is 13.2 Å². The fraction of sp³-hybridized carbons (Fsp3) is 0.538. The normalized spacial score (nSPS) is 24.7. The summed E-state index contributed by atoms with van der Waals surface area (Å²) in [7, 11) is 1.61. The summed E-state index contributed by atoms with van der Waals surface area (Å²) >= 11 is 0. The molecular weight excluding hydrogens is 202 g/mol. The van der Waals surface area contributed by atoms with Crippen LogP contribution in [0, 0.1) is 6.92 Å². The lowest BCUT2D eigenvalue weighted by molar-refractivity contribution is 0.343. The maximum Gasteiger partial charge on any atom is 0.165 e. The van der Waals surface area contributed by atoms with Crippen molar-refractivity contribution in [2.75, 3.05) is 13.7 Å². The zero-order valence-corrected chi connectivity index (χ0v) is 10.1. The molecule has 1 aromatic rings. The number of aromatic hydroxyl groups is 1. The summed E-state index contributed by atoms with van der Waals surface area (Å²) in [4.78, 5) is 0. The molecular formula is C13H19NO2. The van der Waals surface area contributed by atoms with Crippen LogP contribution in [0.5, 0.6) is 11.5 Å². The topological polar surface area (TPSA) is 41.5 Å². The average Bonchev–Trinajstić information content (AvgIpc) is 2.69. The Kier molecular flexibility index (Phi) is 2.80. The van der Waals surface area contributed by atoms with E-state index in [9.17, 15) is 5.11 Å². The summed E-state index contributed by atoms with van der Waals surface area (Å²) in [5.74, 6) is 0.829. The summed E-state index contributed by atoms with van der Waals surface area (Å²) in [6, 6.07) is 3.63. The van der Waals surface area contributed by atoms with Crippen molar-refractivity contribution in [3.63, 3.8) is 0 Å². The molecule has 0 saturated carbocycles. The van der Waals surface area contributed by atoms with E-state index in [0.717, 1.165) is 30.5 Å². The molecule has 0 spiro atoms. The van der Waals surface area contributed by atoms with Gasteiger partial charge >= 0.3 is 0 Å². The Balaban J connectivity index is 2.57. The molecule has 1 atom stereocenters. The third kappa shape index (κ3) is 1.65. The van der Waals surface area contributed by atoms with Crippen LogP contribution in [0.3, 0.4) is 0 Å². The number of hydrogen-bond acceptors (Lipinski definition) is 3. The van der Waals surface area contributed by atoms with E-state index in [0.29, 0.717) is 5.75 Å². The van der Waals surface area contributed by atoms with Crippen LogP contribution in [0.4, 0.5) is 0 Å². The van der Waals surface area contributed by atoms with Gasteiger partial charge in [0.2, 0.25) is 0 Å². The highest BCUT2D eigenvalue weighted by Gasteiger charge is 2.34. The van der Waals surface area contributed by atoms with Gasteiger partial charge in [-0.15, -0.1) is 0 Å². The average molecular weight is 221 g/mol. The number of aryl methyl sites for hydroxylation is 1. The van der Waals surface area contributed by atoms with Crippen LogP contribution in [0.25, 0.3) is 0 Å². The third-order valence-electron chi connectivity index (χ3n) is 3.47. The van der Waals surface area contributed by atoms with Crippen molar-refractivity contribution in [1.82, 2.24) is 5.32 Å². The van der Waals surface area contributed by atoms with Gasteiger partial charge in [-0.25, -0.2) is 0 Å². The minimum atomic E-state index is -0.0752. The molecule has 0 aliphatic carbocycles. The van der Waals surface area contributed by atoms with Crippen molar-refractivity contribution in [3.05, 3.63) is 23.3 Å².